The van der Waals surface area contributed by atoms with Crippen LogP contribution in [0.2, 0.25) is 0 Å². The molecular formula is C12H13N3O4. The lowest BCUT2D eigenvalue weighted by molar-refractivity contribution is -0.138. The van der Waals surface area contributed by atoms with Crippen LogP contribution in [0.5, 0.6) is 0 Å². The van der Waals surface area contributed by atoms with Gasteiger partial charge in [-0.3, -0.25) is 9.69 Å². The highest BCUT2D eigenvalue weighted by Crippen LogP contribution is 2.28. The van der Waals surface area contributed by atoms with Gasteiger partial charge in [-0.25, -0.2) is 0 Å². The fourth-order valence-corrected chi connectivity index (χ4v) is 1.92. The number of carboxylic acid groups (broad SMARTS) is 1. The molecule has 1 aliphatic rings. The van der Waals surface area contributed by atoms with Crippen molar-refractivity contribution >= 4 is 5.97 Å². The number of carbonyl (C=O) groups is 1. The van der Waals surface area contributed by atoms with Gasteiger partial charge in [-0.1, -0.05) is 0 Å². The van der Waals surface area contributed by atoms with Crippen LogP contribution in [0.1, 0.15) is 18.7 Å². The van der Waals surface area contributed by atoms with Crippen molar-refractivity contribution in [2.45, 2.75) is 25.4 Å². The van der Waals surface area contributed by atoms with Crippen LogP contribution in [0.15, 0.2) is 27.2 Å². The van der Waals surface area contributed by atoms with Crippen LogP contribution >= 0.6 is 0 Å². The molecule has 19 heavy (non-hydrogen) atoms. The maximum Gasteiger partial charge on any atom is 0.317 e. The summed E-state index contributed by atoms with van der Waals surface area (Å²) in [5.41, 5.74) is 0. The molecule has 0 bridgehead atoms. The van der Waals surface area contributed by atoms with Gasteiger partial charge in [-0.05, 0) is 25.0 Å². The van der Waals surface area contributed by atoms with E-state index in [4.69, 9.17) is 13.9 Å². The van der Waals surface area contributed by atoms with Gasteiger partial charge in [0.2, 0.25) is 5.89 Å². The molecule has 7 nitrogen and oxygen atoms in total. The molecule has 2 heterocycles. The number of furan rings is 1. The van der Waals surface area contributed by atoms with Crippen molar-refractivity contribution in [1.82, 2.24) is 15.1 Å². The minimum atomic E-state index is -0.849. The molecule has 0 saturated heterocycles. The van der Waals surface area contributed by atoms with Gasteiger partial charge in [0.25, 0.3) is 5.89 Å². The predicted molar refractivity (Wildman–Crippen MR) is 63.1 cm³/mol. The summed E-state index contributed by atoms with van der Waals surface area (Å²) >= 11 is 0. The molecule has 0 spiro atoms. The largest absolute Gasteiger partial charge is 0.480 e. The van der Waals surface area contributed by atoms with Crippen molar-refractivity contribution in [3.63, 3.8) is 0 Å². The lowest BCUT2D eigenvalue weighted by atomic mass is 10.4. The second kappa shape index (κ2) is 4.85. The fourth-order valence-electron chi connectivity index (χ4n) is 1.92. The lowest BCUT2D eigenvalue weighted by Crippen LogP contribution is -2.31. The molecule has 7 heteroatoms. The number of hydrogen-bond donors (Lipinski definition) is 1. The van der Waals surface area contributed by atoms with Crippen molar-refractivity contribution in [2.75, 3.05) is 6.54 Å². The first kappa shape index (κ1) is 11.9. The minimum absolute atomic E-state index is 0.0108. The predicted octanol–water partition coefficient (Wildman–Crippen LogP) is 1.38. The SMILES string of the molecule is O=C(O)CN(Cc1nnc(-c2ccco2)o1)C1CC1. The average Bonchev–Trinajstić information content (AvgIpc) is 2.89. The first-order valence-electron chi connectivity index (χ1n) is 6.04. The molecule has 0 aromatic carbocycles. The van der Waals surface area contributed by atoms with Crippen LogP contribution in [-0.2, 0) is 11.3 Å². The molecule has 3 rings (SSSR count). The van der Waals surface area contributed by atoms with Crippen molar-refractivity contribution in [2.24, 2.45) is 0 Å². The Bertz CT molecular complexity index is 559. The monoisotopic (exact) mass is 263 g/mol. The van der Waals surface area contributed by atoms with Crippen LogP contribution in [0.4, 0.5) is 0 Å². The summed E-state index contributed by atoms with van der Waals surface area (Å²) in [7, 11) is 0. The molecule has 1 aliphatic carbocycles. The number of nitrogens with zero attached hydrogens (tertiary/aromatic N) is 3. The molecule has 2 aromatic heterocycles. The van der Waals surface area contributed by atoms with Crippen LogP contribution in [-0.4, -0.2) is 38.8 Å². The van der Waals surface area contributed by atoms with E-state index in [1.807, 2.05) is 4.90 Å². The maximum atomic E-state index is 10.8. The van der Waals surface area contributed by atoms with Gasteiger partial charge >= 0.3 is 5.97 Å². The normalized spacial score (nSPS) is 15.0. The highest BCUT2D eigenvalue weighted by atomic mass is 16.4. The lowest BCUT2D eigenvalue weighted by Gasteiger charge is -2.16. The third kappa shape index (κ3) is 2.82. The zero-order valence-electron chi connectivity index (χ0n) is 10.2. The smallest absolute Gasteiger partial charge is 0.317 e. The van der Waals surface area contributed by atoms with E-state index in [0.29, 0.717) is 30.1 Å². The van der Waals surface area contributed by atoms with Gasteiger partial charge in [0, 0.05) is 6.04 Å². The summed E-state index contributed by atoms with van der Waals surface area (Å²) in [5.74, 6) is 0.373. The molecule has 2 aromatic rings. The van der Waals surface area contributed by atoms with Gasteiger partial charge in [0.1, 0.15) is 0 Å². The second-order valence-electron chi connectivity index (χ2n) is 4.51. The molecule has 1 saturated carbocycles. The van der Waals surface area contributed by atoms with E-state index in [1.54, 1.807) is 12.1 Å². The van der Waals surface area contributed by atoms with Crippen LogP contribution in [0.3, 0.4) is 0 Å². The number of carboxylic acids is 1. The van der Waals surface area contributed by atoms with Crippen molar-refractivity contribution in [3.05, 3.63) is 24.3 Å². The van der Waals surface area contributed by atoms with Crippen LogP contribution < -0.4 is 0 Å². The second-order valence-corrected chi connectivity index (χ2v) is 4.51. The number of aromatic nitrogens is 2. The summed E-state index contributed by atoms with van der Waals surface area (Å²) in [6, 6.07) is 3.78. The summed E-state index contributed by atoms with van der Waals surface area (Å²) in [5, 5.41) is 16.7. The van der Waals surface area contributed by atoms with Crippen molar-refractivity contribution < 1.29 is 18.7 Å². The average molecular weight is 263 g/mol. The molecule has 1 N–H and O–H groups in total. The molecule has 0 unspecified atom stereocenters. The van der Waals surface area contributed by atoms with Crippen molar-refractivity contribution in [1.29, 1.82) is 0 Å². The molecular weight excluding hydrogens is 250 g/mol. The van der Waals surface area contributed by atoms with Gasteiger partial charge in [0.15, 0.2) is 5.76 Å². The fraction of sp³-hybridized carbons (Fsp3) is 0.417. The third-order valence-electron chi connectivity index (χ3n) is 2.94. The highest BCUT2D eigenvalue weighted by Gasteiger charge is 2.31. The summed E-state index contributed by atoms with van der Waals surface area (Å²) in [6.07, 6.45) is 3.57. The van der Waals surface area contributed by atoms with Crippen molar-refractivity contribution in [3.8, 4) is 11.7 Å². The number of aliphatic carboxylic acids is 1. The van der Waals surface area contributed by atoms with E-state index in [-0.39, 0.29) is 6.54 Å². The van der Waals surface area contributed by atoms with E-state index >= 15 is 0 Å². The van der Waals surface area contributed by atoms with Crippen LogP contribution in [0.25, 0.3) is 11.7 Å². The standard InChI is InChI=1S/C12H13N3O4/c16-11(17)7-15(8-3-4-8)6-10-13-14-12(19-10)9-2-1-5-18-9/h1-2,5,8H,3-4,6-7H2,(H,16,17). The van der Waals surface area contributed by atoms with E-state index in [2.05, 4.69) is 10.2 Å². The summed E-state index contributed by atoms with van der Waals surface area (Å²) in [6.45, 7) is 0.341. The van der Waals surface area contributed by atoms with E-state index in [9.17, 15) is 4.79 Å². The Kier molecular flexibility index (Phi) is 3.04. The van der Waals surface area contributed by atoms with Crippen LogP contribution in [0, 0.1) is 0 Å². The summed E-state index contributed by atoms with van der Waals surface area (Å²) in [4.78, 5) is 12.6. The minimum Gasteiger partial charge on any atom is -0.480 e. The van der Waals surface area contributed by atoms with Gasteiger partial charge in [-0.2, -0.15) is 0 Å². The maximum absolute atomic E-state index is 10.8. The number of hydrogen-bond acceptors (Lipinski definition) is 6. The topological polar surface area (TPSA) is 92.6 Å². The van der Waals surface area contributed by atoms with Gasteiger partial charge in [-0.15, -0.1) is 10.2 Å². The molecule has 1 fully saturated rings. The zero-order valence-corrected chi connectivity index (χ0v) is 10.2. The third-order valence-corrected chi connectivity index (χ3v) is 2.94. The number of rotatable bonds is 6. The Labute approximate surface area is 108 Å². The van der Waals surface area contributed by atoms with Gasteiger partial charge in [0.05, 0.1) is 19.4 Å². The first-order chi connectivity index (χ1) is 9.22. The Hall–Kier alpha value is -2.15. The molecule has 100 valence electrons. The quantitative estimate of drug-likeness (QED) is 0.841. The molecule has 0 amide bonds. The Morgan fingerprint density at radius 3 is 2.95 bits per heavy atom. The van der Waals surface area contributed by atoms with Gasteiger partial charge < -0.3 is 13.9 Å². The molecule has 0 atom stereocenters. The Morgan fingerprint density at radius 1 is 1.47 bits per heavy atom. The summed E-state index contributed by atoms with van der Waals surface area (Å²) < 4.78 is 10.6. The van der Waals surface area contributed by atoms with E-state index < -0.39 is 5.97 Å². The highest BCUT2D eigenvalue weighted by molar-refractivity contribution is 5.69. The van der Waals surface area contributed by atoms with E-state index in [1.165, 1.54) is 6.26 Å². The zero-order chi connectivity index (χ0) is 13.2. The van der Waals surface area contributed by atoms with E-state index in [0.717, 1.165) is 12.8 Å². The molecule has 0 aliphatic heterocycles. The molecule has 0 radical (unpaired) electrons. The Balaban J connectivity index is 1.70. The Morgan fingerprint density at radius 2 is 2.32 bits per heavy atom. The first-order valence-corrected chi connectivity index (χ1v) is 6.04.